The van der Waals surface area contributed by atoms with Gasteiger partial charge in [0.2, 0.25) is 0 Å². The zero-order chi connectivity index (χ0) is 15.5. The minimum atomic E-state index is -0.473. The van der Waals surface area contributed by atoms with Crippen LogP contribution in [0.15, 0.2) is 42.7 Å². The van der Waals surface area contributed by atoms with Crippen LogP contribution in [0.3, 0.4) is 0 Å². The molecule has 0 saturated heterocycles. The highest BCUT2D eigenvalue weighted by molar-refractivity contribution is 6.30. The summed E-state index contributed by atoms with van der Waals surface area (Å²) in [5.74, 6) is 0.471. The number of aromatic nitrogens is 2. The third-order valence-electron chi connectivity index (χ3n) is 3.02. The van der Waals surface area contributed by atoms with Gasteiger partial charge in [-0.25, -0.2) is 14.4 Å². The SMILES string of the molecule is OCOc1ccc2c(Nc3ccc(Cl)cc3F)ncnc2c1. The van der Waals surface area contributed by atoms with Crippen molar-refractivity contribution in [1.82, 2.24) is 9.97 Å². The molecule has 0 saturated carbocycles. The average molecular weight is 320 g/mol. The predicted molar refractivity (Wildman–Crippen MR) is 81.9 cm³/mol. The van der Waals surface area contributed by atoms with E-state index in [4.69, 9.17) is 21.4 Å². The molecule has 0 atom stereocenters. The lowest BCUT2D eigenvalue weighted by molar-refractivity contribution is 0.0987. The molecule has 0 unspecified atom stereocenters. The molecule has 3 aromatic rings. The first-order valence-corrected chi connectivity index (χ1v) is 6.75. The van der Waals surface area contributed by atoms with Crippen molar-refractivity contribution in [2.24, 2.45) is 0 Å². The van der Waals surface area contributed by atoms with Crippen LogP contribution in [0, 0.1) is 5.82 Å². The van der Waals surface area contributed by atoms with Gasteiger partial charge in [0, 0.05) is 16.5 Å². The summed E-state index contributed by atoms with van der Waals surface area (Å²) >= 11 is 5.73. The molecule has 0 spiro atoms. The quantitative estimate of drug-likeness (QED) is 0.720. The van der Waals surface area contributed by atoms with E-state index in [9.17, 15) is 4.39 Å². The molecule has 0 bridgehead atoms. The van der Waals surface area contributed by atoms with E-state index < -0.39 is 12.6 Å². The summed E-state index contributed by atoms with van der Waals surface area (Å²) in [6, 6.07) is 9.41. The highest BCUT2D eigenvalue weighted by Gasteiger charge is 2.08. The molecular formula is C15H11ClFN3O2. The van der Waals surface area contributed by atoms with Gasteiger partial charge in [-0.3, -0.25) is 0 Å². The maximum Gasteiger partial charge on any atom is 0.186 e. The Morgan fingerprint density at radius 1 is 1.18 bits per heavy atom. The van der Waals surface area contributed by atoms with Crippen LogP contribution in [0.5, 0.6) is 5.75 Å². The number of nitrogens with one attached hydrogen (secondary N) is 1. The van der Waals surface area contributed by atoms with Crippen LogP contribution < -0.4 is 10.1 Å². The number of fused-ring (bicyclic) bond motifs is 1. The molecule has 112 valence electrons. The van der Waals surface area contributed by atoms with Crippen LogP contribution in [0.2, 0.25) is 5.02 Å². The normalized spacial score (nSPS) is 10.7. The number of rotatable bonds is 4. The molecule has 0 amide bonds. The average Bonchev–Trinajstić information content (AvgIpc) is 2.50. The van der Waals surface area contributed by atoms with E-state index in [-0.39, 0.29) is 5.69 Å². The lowest BCUT2D eigenvalue weighted by Crippen LogP contribution is -1.99. The lowest BCUT2D eigenvalue weighted by atomic mass is 10.2. The third kappa shape index (κ3) is 2.93. The van der Waals surface area contributed by atoms with Gasteiger partial charge < -0.3 is 15.2 Å². The Kier molecular flexibility index (Phi) is 4.04. The molecule has 2 aromatic carbocycles. The summed E-state index contributed by atoms with van der Waals surface area (Å²) in [7, 11) is 0. The van der Waals surface area contributed by atoms with E-state index in [2.05, 4.69) is 15.3 Å². The number of aliphatic hydroxyl groups is 1. The Bertz CT molecular complexity index is 829. The second kappa shape index (κ2) is 6.13. The van der Waals surface area contributed by atoms with Gasteiger partial charge in [0.15, 0.2) is 6.79 Å². The minimum Gasteiger partial charge on any atom is -0.468 e. The molecule has 2 N–H and O–H groups in total. The standard InChI is InChI=1S/C15H11ClFN3O2/c16-9-1-4-13(12(17)5-9)20-15-11-3-2-10(22-8-21)6-14(11)18-7-19-15/h1-7,21H,8H2,(H,18,19,20). The first-order chi connectivity index (χ1) is 10.7. The maximum absolute atomic E-state index is 13.9. The number of aliphatic hydroxyl groups excluding tert-OH is 1. The van der Waals surface area contributed by atoms with Crippen LogP contribution in [-0.4, -0.2) is 21.9 Å². The fourth-order valence-corrected chi connectivity index (χ4v) is 2.18. The van der Waals surface area contributed by atoms with Gasteiger partial charge in [0.1, 0.15) is 23.7 Å². The number of hydrogen-bond acceptors (Lipinski definition) is 5. The van der Waals surface area contributed by atoms with Crippen LogP contribution >= 0.6 is 11.6 Å². The molecular weight excluding hydrogens is 309 g/mol. The van der Waals surface area contributed by atoms with Crippen molar-refractivity contribution in [2.45, 2.75) is 0 Å². The Hall–Kier alpha value is -2.44. The zero-order valence-electron chi connectivity index (χ0n) is 11.3. The summed E-state index contributed by atoms with van der Waals surface area (Å²) in [4.78, 5) is 8.26. The molecule has 0 aliphatic rings. The number of halogens is 2. The molecule has 22 heavy (non-hydrogen) atoms. The van der Waals surface area contributed by atoms with Crippen LogP contribution in [0.4, 0.5) is 15.9 Å². The van der Waals surface area contributed by atoms with E-state index in [0.717, 1.165) is 0 Å². The van der Waals surface area contributed by atoms with Crippen LogP contribution in [-0.2, 0) is 0 Å². The number of benzene rings is 2. The van der Waals surface area contributed by atoms with Crippen molar-refractivity contribution in [3.05, 3.63) is 53.6 Å². The topological polar surface area (TPSA) is 67.3 Å². The second-order valence-corrected chi connectivity index (χ2v) is 4.86. The Morgan fingerprint density at radius 2 is 2.05 bits per heavy atom. The molecule has 0 aliphatic carbocycles. The molecule has 0 aliphatic heterocycles. The van der Waals surface area contributed by atoms with Gasteiger partial charge >= 0.3 is 0 Å². The van der Waals surface area contributed by atoms with Gasteiger partial charge in [-0.2, -0.15) is 0 Å². The predicted octanol–water partition coefficient (Wildman–Crippen LogP) is 3.49. The molecule has 0 radical (unpaired) electrons. The van der Waals surface area contributed by atoms with Crippen molar-refractivity contribution in [3.8, 4) is 5.75 Å². The fourth-order valence-electron chi connectivity index (χ4n) is 2.02. The maximum atomic E-state index is 13.9. The third-order valence-corrected chi connectivity index (χ3v) is 3.26. The number of nitrogens with zero attached hydrogens (tertiary/aromatic N) is 2. The largest absolute Gasteiger partial charge is 0.468 e. The summed E-state index contributed by atoms with van der Waals surface area (Å²) in [6.45, 7) is -0.419. The van der Waals surface area contributed by atoms with E-state index >= 15 is 0 Å². The van der Waals surface area contributed by atoms with Crippen molar-refractivity contribution in [2.75, 3.05) is 12.1 Å². The Labute approximate surface area is 130 Å². The van der Waals surface area contributed by atoms with E-state index in [1.165, 1.54) is 18.5 Å². The van der Waals surface area contributed by atoms with E-state index in [1.807, 2.05) is 0 Å². The Morgan fingerprint density at radius 3 is 2.82 bits per heavy atom. The van der Waals surface area contributed by atoms with Crippen LogP contribution in [0.1, 0.15) is 0 Å². The summed E-state index contributed by atoms with van der Waals surface area (Å²) in [5.41, 5.74) is 0.873. The van der Waals surface area contributed by atoms with Gasteiger partial charge in [0.05, 0.1) is 11.2 Å². The molecule has 3 rings (SSSR count). The minimum absolute atomic E-state index is 0.264. The molecule has 1 heterocycles. The Balaban J connectivity index is 2.00. The van der Waals surface area contributed by atoms with Gasteiger partial charge in [-0.15, -0.1) is 0 Å². The van der Waals surface area contributed by atoms with Crippen LogP contribution in [0.25, 0.3) is 10.9 Å². The summed E-state index contributed by atoms with van der Waals surface area (Å²) in [5, 5.41) is 12.7. The number of hydrogen-bond donors (Lipinski definition) is 2. The van der Waals surface area contributed by atoms with Gasteiger partial charge in [0.25, 0.3) is 0 Å². The summed E-state index contributed by atoms with van der Waals surface area (Å²) < 4.78 is 18.9. The smallest absolute Gasteiger partial charge is 0.186 e. The monoisotopic (exact) mass is 319 g/mol. The van der Waals surface area contributed by atoms with Crippen molar-refractivity contribution >= 4 is 34.0 Å². The van der Waals surface area contributed by atoms with Crippen molar-refractivity contribution < 1.29 is 14.2 Å². The van der Waals surface area contributed by atoms with E-state index in [0.29, 0.717) is 27.5 Å². The van der Waals surface area contributed by atoms with Crippen molar-refractivity contribution in [3.63, 3.8) is 0 Å². The first-order valence-electron chi connectivity index (χ1n) is 6.38. The summed E-state index contributed by atoms with van der Waals surface area (Å²) in [6.07, 6.45) is 1.36. The van der Waals surface area contributed by atoms with Crippen molar-refractivity contribution in [1.29, 1.82) is 0 Å². The number of anilines is 2. The first kappa shape index (κ1) is 14.5. The molecule has 1 aromatic heterocycles. The van der Waals surface area contributed by atoms with Gasteiger partial charge in [-0.05, 0) is 30.3 Å². The highest BCUT2D eigenvalue weighted by atomic mass is 35.5. The molecule has 7 heteroatoms. The molecule has 5 nitrogen and oxygen atoms in total. The highest BCUT2D eigenvalue weighted by Crippen LogP contribution is 2.28. The zero-order valence-corrected chi connectivity index (χ0v) is 12.0. The fraction of sp³-hybridized carbons (Fsp3) is 0.0667. The van der Waals surface area contributed by atoms with Gasteiger partial charge in [-0.1, -0.05) is 11.6 Å². The number of ether oxygens (including phenoxy) is 1. The van der Waals surface area contributed by atoms with E-state index in [1.54, 1.807) is 24.3 Å². The lowest BCUT2D eigenvalue weighted by Gasteiger charge is -2.10. The second-order valence-electron chi connectivity index (χ2n) is 4.42. The molecule has 0 fully saturated rings.